The minimum Gasteiger partial charge on any atom is -0.267 e. The van der Waals surface area contributed by atoms with E-state index in [-0.39, 0.29) is 0 Å². The second-order valence-corrected chi connectivity index (χ2v) is 13.7. The first-order valence-electron chi connectivity index (χ1n) is 14.2. The van der Waals surface area contributed by atoms with E-state index in [1.807, 2.05) is 37.3 Å². The summed E-state index contributed by atoms with van der Waals surface area (Å²) >= 11 is 3.44. The monoisotopic (exact) mass is 613 g/mol. The number of nitrogens with zero attached hydrogens (tertiary/aromatic N) is 3. The summed E-state index contributed by atoms with van der Waals surface area (Å²) < 4.78 is 40.4. The van der Waals surface area contributed by atoms with Crippen LogP contribution < -0.4 is 0 Å². The van der Waals surface area contributed by atoms with E-state index in [1.54, 1.807) is 0 Å². The molecule has 4 heterocycles. The molecule has 0 amide bonds. The van der Waals surface area contributed by atoms with Gasteiger partial charge in [-0.1, -0.05) is 59.7 Å². The standard InChI is InChI=1S/C12H13F3N2S.C12H14S.C10H15N/c1-7(2)9-4-5-10(18-9)8-6-11(12(13,14)15)16-17(8)3;1-8(2)12-9(3)10-6-4-5-7-11(10)13-12;1-7(2)10-5-8(3)11-9(4)6-10/h4-7H,1-3H3;4-8H,1-3H3;5-7H,1-4H3. The summed E-state index contributed by atoms with van der Waals surface area (Å²) in [7, 11) is 1.53. The number of aryl methyl sites for hydroxylation is 4. The zero-order valence-corrected chi connectivity index (χ0v) is 27.9. The molecule has 5 aromatic rings. The highest BCUT2D eigenvalue weighted by atomic mass is 32.1. The molecule has 0 bridgehead atoms. The van der Waals surface area contributed by atoms with Crippen LogP contribution in [0.5, 0.6) is 0 Å². The number of fused-ring (bicyclic) bond motifs is 1. The minimum absolute atomic E-state index is 0.374. The summed E-state index contributed by atoms with van der Waals surface area (Å²) in [4.78, 5) is 7.81. The van der Waals surface area contributed by atoms with Crippen molar-refractivity contribution in [2.24, 2.45) is 7.05 Å². The Morgan fingerprint density at radius 3 is 1.86 bits per heavy atom. The van der Waals surface area contributed by atoms with E-state index in [0.29, 0.717) is 23.4 Å². The Labute approximate surface area is 256 Å². The lowest BCUT2D eigenvalue weighted by Gasteiger charge is -2.06. The van der Waals surface area contributed by atoms with Crippen LogP contribution in [0.2, 0.25) is 0 Å². The van der Waals surface area contributed by atoms with Gasteiger partial charge in [-0.05, 0) is 91.4 Å². The van der Waals surface area contributed by atoms with E-state index in [2.05, 4.69) is 94.9 Å². The van der Waals surface area contributed by atoms with Gasteiger partial charge in [0.2, 0.25) is 0 Å². The predicted molar refractivity (Wildman–Crippen MR) is 174 cm³/mol. The third kappa shape index (κ3) is 8.54. The first-order chi connectivity index (χ1) is 19.6. The molecule has 0 spiro atoms. The molecule has 0 saturated heterocycles. The topological polar surface area (TPSA) is 30.7 Å². The van der Waals surface area contributed by atoms with Gasteiger partial charge in [0.15, 0.2) is 5.69 Å². The summed E-state index contributed by atoms with van der Waals surface area (Å²) in [5, 5.41) is 4.94. The molecule has 0 aliphatic carbocycles. The van der Waals surface area contributed by atoms with Crippen molar-refractivity contribution in [1.29, 1.82) is 0 Å². The summed E-state index contributed by atoms with van der Waals surface area (Å²) in [6.45, 7) is 19.4. The fraction of sp³-hybridized carbons (Fsp3) is 0.412. The second kappa shape index (κ2) is 14.0. The van der Waals surface area contributed by atoms with Gasteiger partial charge in [-0.15, -0.1) is 22.7 Å². The maximum absolute atomic E-state index is 12.6. The number of hydrogen-bond acceptors (Lipinski definition) is 4. The van der Waals surface area contributed by atoms with Crippen LogP contribution in [0.3, 0.4) is 0 Å². The van der Waals surface area contributed by atoms with Gasteiger partial charge in [0.1, 0.15) is 0 Å². The Balaban J connectivity index is 0.000000179. The minimum atomic E-state index is -4.39. The number of halogens is 3. The lowest BCUT2D eigenvalue weighted by molar-refractivity contribution is -0.141. The van der Waals surface area contributed by atoms with Crippen LogP contribution in [0, 0.1) is 20.8 Å². The molecular formula is C34H42F3N3S2. The van der Waals surface area contributed by atoms with E-state index in [4.69, 9.17) is 0 Å². The fourth-order valence-corrected chi connectivity index (χ4v) is 6.85. The maximum Gasteiger partial charge on any atom is 0.435 e. The summed E-state index contributed by atoms with van der Waals surface area (Å²) in [5.74, 6) is 1.63. The third-order valence-corrected chi connectivity index (χ3v) is 9.78. The van der Waals surface area contributed by atoms with Crippen molar-refractivity contribution in [3.63, 3.8) is 0 Å². The number of benzene rings is 1. The number of aromatic nitrogens is 3. The normalized spacial score (nSPS) is 11.6. The molecule has 0 aliphatic rings. The van der Waals surface area contributed by atoms with Gasteiger partial charge in [0.05, 0.1) is 10.6 Å². The second-order valence-electron chi connectivity index (χ2n) is 11.5. The molecule has 4 aromatic heterocycles. The molecule has 0 atom stereocenters. The zero-order valence-electron chi connectivity index (χ0n) is 26.2. The van der Waals surface area contributed by atoms with Gasteiger partial charge in [-0.25, -0.2) is 0 Å². The lowest BCUT2D eigenvalue weighted by Crippen LogP contribution is -2.06. The Kier molecular flexibility index (Phi) is 11.2. The molecule has 0 radical (unpaired) electrons. The molecule has 0 fully saturated rings. The van der Waals surface area contributed by atoms with E-state index >= 15 is 0 Å². The van der Waals surface area contributed by atoms with Gasteiger partial charge in [0, 0.05) is 32.9 Å². The Bertz CT molecular complexity index is 1580. The van der Waals surface area contributed by atoms with Crippen LogP contribution in [-0.4, -0.2) is 14.8 Å². The number of rotatable bonds is 4. The molecule has 0 aliphatic heterocycles. The quantitative estimate of drug-likeness (QED) is 0.202. The number of thiophene rings is 2. The van der Waals surface area contributed by atoms with E-state index in [0.717, 1.165) is 27.2 Å². The van der Waals surface area contributed by atoms with E-state index in [9.17, 15) is 13.2 Å². The highest BCUT2D eigenvalue weighted by Gasteiger charge is 2.34. The van der Waals surface area contributed by atoms with Crippen LogP contribution in [0.25, 0.3) is 20.7 Å². The van der Waals surface area contributed by atoms with Crippen molar-refractivity contribution in [3.05, 3.63) is 92.6 Å². The molecule has 226 valence electrons. The summed E-state index contributed by atoms with van der Waals surface area (Å²) in [6.07, 6.45) is -4.39. The van der Waals surface area contributed by atoms with Gasteiger partial charge in [-0.2, -0.15) is 18.3 Å². The maximum atomic E-state index is 12.6. The molecule has 0 saturated carbocycles. The predicted octanol–water partition coefficient (Wildman–Crippen LogP) is 11.4. The van der Waals surface area contributed by atoms with Crippen molar-refractivity contribution >= 4 is 32.8 Å². The molecular weight excluding hydrogens is 572 g/mol. The Morgan fingerprint density at radius 2 is 1.38 bits per heavy atom. The molecule has 3 nitrogen and oxygen atoms in total. The molecule has 8 heteroatoms. The molecule has 1 aromatic carbocycles. The van der Waals surface area contributed by atoms with Crippen LogP contribution in [0.4, 0.5) is 13.2 Å². The average Bonchev–Trinajstić information content (AvgIpc) is 3.61. The molecule has 5 rings (SSSR count). The molecule has 0 unspecified atom stereocenters. The number of hydrogen-bond donors (Lipinski definition) is 0. The average molecular weight is 614 g/mol. The van der Waals surface area contributed by atoms with Crippen LogP contribution in [-0.2, 0) is 13.2 Å². The van der Waals surface area contributed by atoms with Crippen molar-refractivity contribution in [1.82, 2.24) is 14.8 Å². The van der Waals surface area contributed by atoms with Crippen LogP contribution >= 0.6 is 22.7 Å². The molecule has 0 N–H and O–H groups in total. The smallest absolute Gasteiger partial charge is 0.267 e. The first kappa shape index (κ1) is 33.5. The number of pyridine rings is 1. The van der Waals surface area contributed by atoms with Gasteiger partial charge in [0.25, 0.3) is 0 Å². The van der Waals surface area contributed by atoms with E-state index < -0.39 is 11.9 Å². The SMILES string of the molecule is CC(C)c1ccc(-c2cc(C(F)(F)F)nn2C)s1.Cc1c(C(C)C)sc2ccccc12.Cc1cc(C(C)C)cc(C)n1. The van der Waals surface area contributed by atoms with Gasteiger partial charge >= 0.3 is 6.18 Å². The van der Waals surface area contributed by atoms with Crippen LogP contribution in [0.15, 0.2) is 54.6 Å². The van der Waals surface area contributed by atoms with E-state index in [1.165, 1.54) is 49.2 Å². The van der Waals surface area contributed by atoms with Crippen molar-refractivity contribution in [2.45, 2.75) is 86.2 Å². The first-order valence-corrected chi connectivity index (χ1v) is 15.9. The van der Waals surface area contributed by atoms with Gasteiger partial charge in [-0.3, -0.25) is 9.67 Å². The fourth-order valence-electron chi connectivity index (χ4n) is 4.58. The zero-order chi connectivity index (χ0) is 31.4. The van der Waals surface area contributed by atoms with Crippen molar-refractivity contribution in [3.8, 4) is 10.6 Å². The third-order valence-electron chi connectivity index (χ3n) is 6.79. The summed E-state index contributed by atoms with van der Waals surface area (Å²) in [5.41, 5.74) is 4.74. The molecule has 42 heavy (non-hydrogen) atoms. The van der Waals surface area contributed by atoms with Crippen molar-refractivity contribution in [2.75, 3.05) is 0 Å². The van der Waals surface area contributed by atoms with Gasteiger partial charge < -0.3 is 0 Å². The Hall–Kier alpha value is -2.97. The highest BCUT2D eigenvalue weighted by Crippen LogP contribution is 2.36. The summed E-state index contributed by atoms with van der Waals surface area (Å²) in [6, 6.07) is 17.8. The van der Waals surface area contributed by atoms with Crippen LogP contribution in [0.1, 0.15) is 97.3 Å². The lowest BCUT2D eigenvalue weighted by atomic mass is 10.0. The largest absolute Gasteiger partial charge is 0.435 e. The van der Waals surface area contributed by atoms with Crippen molar-refractivity contribution < 1.29 is 13.2 Å². The highest BCUT2D eigenvalue weighted by molar-refractivity contribution is 7.19. The number of alkyl halides is 3. The Morgan fingerprint density at radius 1 is 0.762 bits per heavy atom.